The maximum absolute atomic E-state index is 11.8. The van der Waals surface area contributed by atoms with E-state index >= 15 is 0 Å². The van der Waals surface area contributed by atoms with Crippen LogP contribution in [0.15, 0.2) is 62.8 Å². The van der Waals surface area contributed by atoms with E-state index in [1.165, 1.54) is 25.5 Å². The van der Waals surface area contributed by atoms with Crippen molar-refractivity contribution in [2.45, 2.75) is 59.0 Å². The highest BCUT2D eigenvalue weighted by Gasteiger charge is 2.22. The van der Waals surface area contributed by atoms with Gasteiger partial charge in [-0.15, -0.1) is 0 Å². The molecule has 0 spiro atoms. The van der Waals surface area contributed by atoms with Gasteiger partial charge in [0, 0.05) is 23.9 Å². The van der Waals surface area contributed by atoms with Crippen LogP contribution in [0.4, 0.5) is 0 Å². The van der Waals surface area contributed by atoms with Crippen molar-refractivity contribution in [1.29, 1.82) is 0 Å². The number of ketones is 1. The van der Waals surface area contributed by atoms with E-state index in [0.29, 0.717) is 30.8 Å². The number of Topliss-reactive ketones (excluding diaryl/α,β-unsaturated/α-hetero) is 1. The summed E-state index contributed by atoms with van der Waals surface area (Å²) in [5.74, 6) is 0.523. The van der Waals surface area contributed by atoms with Gasteiger partial charge in [-0.1, -0.05) is 17.2 Å². The average molecular weight is 398 g/mol. The lowest BCUT2D eigenvalue weighted by Gasteiger charge is -2.15. The zero-order valence-corrected chi connectivity index (χ0v) is 17.7. The minimum absolute atomic E-state index is 0.133. The highest BCUT2D eigenvalue weighted by atomic mass is 16.5. The smallest absolute Gasteiger partial charge is 0.336 e. The summed E-state index contributed by atoms with van der Waals surface area (Å²) in [5.41, 5.74) is 1.26. The van der Waals surface area contributed by atoms with Gasteiger partial charge in [0.2, 0.25) is 0 Å². The molecule has 5 heteroatoms. The van der Waals surface area contributed by atoms with E-state index < -0.39 is 5.60 Å². The Kier molecular flexibility index (Phi) is 7.97. The summed E-state index contributed by atoms with van der Waals surface area (Å²) in [6.45, 7) is 7.57. The molecule has 0 aliphatic heterocycles. The number of carbonyl (C=O) groups is 1. The third-order valence-corrected chi connectivity index (χ3v) is 4.74. The van der Waals surface area contributed by atoms with Crippen molar-refractivity contribution in [3.05, 3.63) is 64.1 Å². The third kappa shape index (κ3) is 7.70. The van der Waals surface area contributed by atoms with Gasteiger partial charge in [-0.05, 0) is 71.2 Å². The average Bonchev–Trinajstić information content (AvgIpc) is 2.65. The Labute approximate surface area is 171 Å². The predicted octanol–water partition coefficient (Wildman–Crippen LogP) is 4.96. The first-order valence-electron chi connectivity index (χ1n) is 9.89. The van der Waals surface area contributed by atoms with Crippen molar-refractivity contribution >= 4 is 16.8 Å². The number of aliphatic hydroxyl groups is 1. The van der Waals surface area contributed by atoms with Crippen molar-refractivity contribution in [2.75, 3.05) is 6.61 Å². The molecule has 156 valence electrons. The summed E-state index contributed by atoms with van der Waals surface area (Å²) in [5, 5.41) is 10.5. The van der Waals surface area contributed by atoms with Gasteiger partial charge in [-0.3, -0.25) is 4.79 Å². The summed E-state index contributed by atoms with van der Waals surface area (Å²) in [7, 11) is 0. The van der Waals surface area contributed by atoms with Gasteiger partial charge in [-0.25, -0.2) is 4.79 Å². The van der Waals surface area contributed by atoms with Crippen LogP contribution in [0.25, 0.3) is 11.0 Å². The van der Waals surface area contributed by atoms with E-state index in [2.05, 4.69) is 13.0 Å². The van der Waals surface area contributed by atoms with Crippen LogP contribution < -0.4 is 10.4 Å². The van der Waals surface area contributed by atoms with E-state index in [4.69, 9.17) is 9.15 Å². The molecule has 5 nitrogen and oxygen atoms in total. The zero-order chi connectivity index (χ0) is 21.4. The van der Waals surface area contributed by atoms with Crippen LogP contribution in [-0.4, -0.2) is 23.1 Å². The molecule has 0 radical (unpaired) electrons. The molecule has 2 rings (SSSR count). The van der Waals surface area contributed by atoms with Crippen LogP contribution in [0.2, 0.25) is 0 Å². The Hall–Kier alpha value is -2.66. The number of benzene rings is 1. The van der Waals surface area contributed by atoms with Gasteiger partial charge < -0.3 is 14.3 Å². The van der Waals surface area contributed by atoms with Gasteiger partial charge in [0.05, 0.1) is 0 Å². The fraction of sp³-hybridized carbons (Fsp3) is 0.417. The molecule has 1 N–H and O–H groups in total. The van der Waals surface area contributed by atoms with E-state index in [0.717, 1.165) is 23.8 Å². The fourth-order valence-corrected chi connectivity index (χ4v) is 2.78. The van der Waals surface area contributed by atoms with Crippen molar-refractivity contribution in [2.24, 2.45) is 0 Å². The molecule has 0 unspecified atom stereocenters. The number of hydrogen-bond acceptors (Lipinski definition) is 5. The van der Waals surface area contributed by atoms with Crippen LogP contribution in [0, 0.1) is 0 Å². The van der Waals surface area contributed by atoms with Crippen LogP contribution in [-0.2, 0) is 4.79 Å². The number of allylic oxidation sites excluding steroid dienone is 3. The lowest BCUT2D eigenvalue weighted by molar-refractivity contribution is -0.134. The van der Waals surface area contributed by atoms with E-state index in [1.807, 2.05) is 25.1 Å². The number of fused-ring (bicyclic) bond motifs is 1. The number of ether oxygens (including phenoxy) is 1. The van der Waals surface area contributed by atoms with Gasteiger partial charge >= 0.3 is 5.63 Å². The monoisotopic (exact) mass is 398 g/mol. The maximum atomic E-state index is 11.8. The first kappa shape index (κ1) is 22.6. The number of rotatable bonds is 10. The first-order chi connectivity index (χ1) is 13.6. The highest BCUT2D eigenvalue weighted by molar-refractivity contribution is 5.86. The molecule has 0 aliphatic carbocycles. The van der Waals surface area contributed by atoms with Gasteiger partial charge in [-0.2, -0.15) is 0 Å². The largest absolute Gasteiger partial charge is 0.489 e. The van der Waals surface area contributed by atoms with Gasteiger partial charge in [0.1, 0.15) is 23.5 Å². The van der Waals surface area contributed by atoms with Gasteiger partial charge in [0.15, 0.2) is 5.78 Å². The molecule has 0 bridgehead atoms. The summed E-state index contributed by atoms with van der Waals surface area (Å²) < 4.78 is 10.9. The van der Waals surface area contributed by atoms with Crippen LogP contribution >= 0.6 is 0 Å². The molecule has 0 saturated carbocycles. The second-order valence-corrected chi connectivity index (χ2v) is 7.89. The van der Waals surface area contributed by atoms with Crippen LogP contribution in [0.5, 0.6) is 5.75 Å². The summed E-state index contributed by atoms with van der Waals surface area (Å²) in [6, 6.07) is 8.56. The van der Waals surface area contributed by atoms with Crippen LogP contribution in [0.1, 0.15) is 53.4 Å². The first-order valence-corrected chi connectivity index (χ1v) is 9.89. The zero-order valence-electron chi connectivity index (χ0n) is 17.7. The highest BCUT2D eigenvalue weighted by Crippen LogP contribution is 2.20. The normalized spacial score (nSPS) is 13.0. The number of hydrogen-bond donors (Lipinski definition) is 1. The lowest BCUT2D eigenvalue weighted by atomic mass is 9.97. The minimum atomic E-state index is -1.25. The second kappa shape index (κ2) is 10.2. The molecule has 0 fully saturated rings. The Morgan fingerprint density at radius 2 is 1.76 bits per heavy atom. The molecule has 1 heterocycles. The summed E-state index contributed by atoms with van der Waals surface area (Å²) in [4.78, 5) is 23.1. The quantitative estimate of drug-likeness (QED) is 0.452. The predicted molar refractivity (Wildman–Crippen MR) is 115 cm³/mol. The molecule has 2 aromatic rings. The molecule has 29 heavy (non-hydrogen) atoms. The summed E-state index contributed by atoms with van der Waals surface area (Å²) >= 11 is 0. The molecule has 0 atom stereocenters. The Morgan fingerprint density at radius 1 is 1.07 bits per heavy atom. The third-order valence-electron chi connectivity index (χ3n) is 4.74. The van der Waals surface area contributed by atoms with Crippen LogP contribution in [0.3, 0.4) is 0 Å². The molecule has 0 aliphatic rings. The molecule has 1 aromatic carbocycles. The Balaban J connectivity index is 1.77. The van der Waals surface area contributed by atoms with Crippen molar-refractivity contribution in [1.82, 2.24) is 0 Å². The van der Waals surface area contributed by atoms with Gasteiger partial charge in [0.25, 0.3) is 0 Å². The van der Waals surface area contributed by atoms with Crippen molar-refractivity contribution in [3.63, 3.8) is 0 Å². The molecule has 0 saturated heterocycles. The second-order valence-electron chi connectivity index (χ2n) is 7.89. The van der Waals surface area contributed by atoms with E-state index in [-0.39, 0.29) is 11.4 Å². The van der Waals surface area contributed by atoms with Crippen molar-refractivity contribution in [3.8, 4) is 5.75 Å². The fourth-order valence-electron chi connectivity index (χ4n) is 2.78. The topological polar surface area (TPSA) is 76.7 Å². The van der Waals surface area contributed by atoms with E-state index in [1.54, 1.807) is 12.1 Å². The maximum Gasteiger partial charge on any atom is 0.336 e. The minimum Gasteiger partial charge on any atom is -0.489 e. The summed E-state index contributed by atoms with van der Waals surface area (Å²) in [6.07, 6.45) is 7.01. The molecular formula is C24H30O5. The Bertz CT molecular complexity index is 957. The standard InChI is InChI=1S/C24H30O5/c1-17(8-12-22(25)24(3,4)27)6-5-7-18(2)14-15-28-20-11-9-19-10-13-23(26)29-21(19)16-20/h6,9-11,13-14,16,27H,5,7-8,12,15H2,1-4H3. The lowest BCUT2D eigenvalue weighted by Crippen LogP contribution is -2.30. The van der Waals surface area contributed by atoms with E-state index in [9.17, 15) is 14.7 Å². The Morgan fingerprint density at radius 3 is 2.48 bits per heavy atom. The molecule has 1 aromatic heterocycles. The number of carbonyl (C=O) groups excluding carboxylic acids is 1. The van der Waals surface area contributed by atoms with Crippen molar-refractivity contribution < 1.29 is 19.1 Å². The molecule has 0 amide bonds. The SMILES string of the molecule is CC(=CCOc1ccc2ccc(=O)oc2c1)CCC=C(C)CCC(=O)C(C)(C)O. The molecular weight excluding hydrogens is 368 g/mol.